The number of hydrogen-bond donors (Lipinski definition) is 1. The lowest BCUT2D eigenvalue weighted by molar-refractivity contribution is -0.143. The first-order chi connectivity index (χ1) is 13.2. The van der Waals surface area contributed by atoms with Gasteiger partial charge in [0.1, 0.15) is 11.7 Å². The second kappa shape index (κ2) is 8.94. The van der Waals surface area contributed by atoms with Crippen molar-refractivity contribution in [1.82, 2.24) is 10.3 Å². The molecule has 0 aliphatic carbocycles. The molecule has 0 aliphatic heterocycles. The third kappa shape index (κ3) is 4.91. The molecule has 5 heteroatoms. The van der Waals surface area contributed by atoms with Crippen molar-refractivity contribution < 1.29 is 14.3 Å². The number of esters is 1. The summed E-state index contributed by atoms with van der Waals surface area (Å²) < 4.78 is 4.85. The van der Waals surface area contributed by atoms with Crippen molar-refractivity contribution in [2.75, 3.05) is 7.11 Å². The fourth-order valence-corrected chi connectivity index (χ4v) is 2.97. The predicted octanol–water partition coefficient (Wildman–Crippen LogP) is 3.53. The Balaban J connectivity index is 1.65. The van der Waals surface area contributed by atoms with Crippen LogP contribution >= 0.6 is 0 Å². The van der Waals surface area contributed by atoms with E-state index in [1.54, 1.807) is 6.07 Å². The van der Waals surface area contributed by atoms with Gasteiger partial charge in [-0.3, -0.25) is 4.79 Å². The van der Waals surface area contributed by atoms with Crippen LogP contribution in [0.2, 0.25) is 0 Å². The number of benzene rings is 2. The zero-order chi connectivity index (χ0) is 19.1. The number of amides is 1. The van der Waals surface area contributed by atoms with Crippen LogP contribution in [0.1, 0.15) is 28.9 Å². The zero-order valence-corrected chi connectivity index (χ0v) is 15.2. The zero-order valence-electron chi connectivity index (χ0n) is 15.2. The number of nitrogens with zero attached hydrogens (tertiary/aromatic N) is 1. The average Bonchev–Trinajstić information content (AvgIpc) is 2.72. The summed E-state index contributed by atoms with van der Waals surface area (Å²) >= 11 is 0. The van der Waals surface area contributed by atoms with E-state index in [0.29, 0.717) is 6.42 Å². The van der Waals surface area contributed by atoms with E-state index in [4.69, 9.17) is 4.74 Å². The highest BCUT2D eigenvalue weighted by atomic mass is 16.5. The normalized spacial score (nSPS) is 11.7. The van der Waals surface area contributed by atoms with Crippen LogP contribution in [-0.4, -0.2) is 30.0 Å². The first kappa shape index (κ1) is 18.6. The number of ether oxygens (including phenoxy) is 1. The molecular formula is C22H22N2O3. The Hall–Kier alpha value is -3.21. The highest BCUT2D eigenvalue weighted by Crippen LogP contribution is 2.13. The van der Waals surface area contributed by atoms with E-state index >= 15 is 0 Å². The number of aromatic nitrogens is 1. The van der Waals surface area contributed by atoms with Crippen LogP contribution in [0.25, 0.3) is 10.9 Å². The third-order valence-corrected chi connectivity index (χ3v) is 4.42. The van der Waals surface area contributed by atoms with Crippen molar-refractivity contribution >= 4 is 22.8 Å². The maximum atomic E-state index is 12.6. The Bertz CT molecular complexity index is 925. The fraction of sp³-hybridized carbons (Fsp3) is 0.227. The van der Waals surface area contributed by atoms with Gasteiger partial charge >= 0.3 is 5.97 Å². The third-order valence-electron chi connectivity index (χ3n) is 4.42. The van der Waals surface area contributed by atoms with E-state index in [2.05, 4.69) is 10.3 Å². The van der Waals surface area contributed by atoms with Gasteiger partial charge in [-0.05, 0) is 37.0 Å². The molecule has 1 aromatic heterocycles. The van der Waals surface area contributed by atoms with Crippen molar-refractivity contribution in [2.24, 2.45) is 0 Å². The molecule has 1 amide bonds. The molecule has 0 unspecified atom stereocenters. The highest BCUT2D eigenvalue weighted by molar-refractivity contribution is 5.97. The minimum Gasteiger partial charge on any atom is -0.467 e. The van der Waals surface area contributed by atoms with Crippen molar-refractivity contribution in [3.8, 4) is 0 Å². The monoisotopic (exact) mass is 362 g/mol. The van der Waals surface area contributed by atoms with E-state index in [1.807, 2.05) is 60.7 Å². The highest BCUT2D eigenvalue weighted by Gasteiger charge is 2.22. The van der Waals surface area contributed by atoms with Gasteiger partial charge in [-0.15, -0.1) is 0 Å². The molecule has 2 aromatic carbocycles. The van der Waals surface area contributed by atoms with Crippen LogP contribution in [-0.2, 0) is 16.0 Å². The number of carbonyl (C=O) groups excluding carboxylic acids is 2. The molecule has 3 rings (SSSR count). The summed E-state index contributed by atoms with van der Waals surface area (Å²) in [7, 11) is 1.33. The SMILES string of the molecule is COC(=O)[C@H](CCCc1ccccc1)NC(=O)c1ccc2ccccc2n1. The summed E-state index contributed by atoms with van der Waals surface area (Å²) in [6, 6.07) is 20.4. The number of nitrogens with one attached hydrogen (secondary N) is 1. The second-order valence-corrected chi connectivity index (χ2v) is 6.32. The van der Waals surface area contributed by atoms with Crippen LogP contribution in [0.4, 0.5) is 0 Å². The van der Waals surface area contributed by atoms with E-state index < -0.39 is 12.0 Å². The molecule has 27 heavy (non-hydrogen) atoms. The van der Waals surface area contributed by atoms with Gasteiger partial charge in [0.2, 0.25) is 0 Å². The van der Waals surface area contributed by atoms with Crippen molar-refractivity contribution in [3.63, 3.8) is 0 Å². The lowest BCUT2D eigenvalue weighted by Gasteiger charge is -2.16. The topological polar surface area (TPSA) is 68.3 Å². The summed E-state index contributed by atoms with van der Waals surface area (Å²) in [5, 5.41) is 3.72. The molecule has 5 nitrogen and oxygen atoms in total. The number of fused-ring (bicyclic) bond motifs is 1. The molecular weight excluding hydrogens is 340 g/mol. The van der Waals surface area contributed by atoms with E-state index in [0.717, 1.165) is 23.7 Å². The van der Waals surface area contributed by atoms with Crippen LogP contribution in [0.5, 0.6) is 0 Å². The Morgan fingerprint density at radius 1 is 1.00 bits per heavy atom. The molecule has 1 N–H and O–H groups in total. The number of methoxy groups -OCH3 is 1. The summed E-state index contributed by atoms with van der Waals surface area (Å²) in [6.07, 6.45) is 2.09. The summed E-state index contributed by atoms with van der Waals surface area (Å²) in [5.74, 6) is -0.826. The van der Waals surface area contributed by atoms with Crippen LogP contribution < -0.4 is 5.32 Å². The maximum Gasteiger partial charge on any atom is 0.328 e. The Labute approximate surface area is 158 Å². The molecule has 0 bridgehead atoms. The molecule has 0 fully saturated rings. The van der Waals surface area contributed by atoms with E-state index in [1.165, 1.54) is 12.7 Å². The predicted molar refractivity (Wildman–Crippen MR) is 104 cm³/mol. The molecule has 3 aromatic rings. The minimum atomic E-state index is -0.695. The number of pyridine rings is 1. The Morgan fingerprint density at radius 2 is 1.74 bits per heavy atom. The van der Waals surface area contributed by atoms with Gasteiger partial charge in [0, 0.05) is 5.39 Å². The van der Waals surface area contributed by atoms with Gasteiger partial charge in [-0.2, -0.15) is 0 Å². The van der Waals surface area contributed by atoms with Crippen LogP contribution in [0.3, 0.4) is 0 Å². The Morgan fingerprint density at radius 3 is 2.52 bits per heavy atom. The molecule has 138 valence electrons. The molecule has 0 spiro atoms. The van der Waals surface area contributed by atoms with Crippen LogP contribution in [0, 0.1) is 0 Å². The van der Waals surface area contributed by atoms with Gasteiger partial charge in [0.15, 0.2) is 0 Å². The quantitative estimate of drug-likeness (QED) is 0.653. The molecule has 1 atom stereocenters. The number of aryl methyl sites for hydroxylation is 1. The summed E-state index contributed by atoms with van der Waals surface area (Å²) in [4.78, 5) is 29.0. The van der Waals surface area contributed by atoms with E-state index in [9.17, 15) is 9.59 Å². The smallest absolute Gasteiger partial charge is 0.328 e. The molecule has 0 saturated carbocycles. The number of para-hydroxylation sites is 1. The van der Waals surface area contributed by atoms with Gasteiger partial charge in [-0.1, -0.05) is 54.6 Å². The fourth-order valence-electron chi connectivity index (χ4n) is 2.97. The molecule has 0 saturated heterocycles. The van der Waals surface area contributed by atoms with Gasteiger partial charge < -0.3 is 10.1 Å². The van der Waals surface area contributed by atoms with Crippen molar-refractivity contribution in [2.45, 2.75) is 25.3 Å². The van der Waals surface area contributed by atoms with Gasteiger partial charge in [0.25, 0.3) is 5.91 Å². The lowest BCUT2D eigenvalue weighted by atomic mass is 10.0. The van der Waals surface area contributed by atoms with Gasteiger partial charge in [-0.25, -0.2) is 9.78 Å². The first-order valence-electron chi connectivity index (χ1n) is 8.96. The Kier molecular flexibility index (Phi) is 6.15. The van der Waals surface area contributed by atoms with E-state index in [-0.39, 0.29) is 11.6 Å². The summed E-state index contributed by atoms with van der Waals surface area (Å²) in [5.41, 5.74) is 2.22. The average molecular weight is 362 g/mol. The van der Waals surface area contributed by atoms with Crippen molar-refractivity contribution in [3.05, 3.63) is 78.0 Å². The van der Waals surface area contributed by atoms with Crippen LogP contribution in [0.15, 0.2) is 66.7 Å². The standard InChI is InChI=1S/C22H22N2O3/c1-27-22(26)20(13-7-10-16-8-3-2-4-9-16)24-21(25)19-15-14-17-11-5-6-12-18(17)23-19/h2-6,8-9,11-12,14-15,20H,7,10,13H2,1H3,(H,24,25)/t20-/m0/s1. The van der Waals surface area contributed by atoms with Gasteiger partial charge in [0.05, 0.1) is 12.6 Å². The maximum absolute atomic E-state index is 12.6. The molecule has 1 heterocycles. The minimum absolute atomic E-state index is 0.283. The largest absolute Gasteiger partial charge is 0.467 e. The molecule has 0 radical (unpaired) electrons. The van der Waals surface area contributed by atoms with Crippen molar-refractivity contribution in [1.29, 1.82) is 0 Å². The second-order valence-electron chi connectivity index (χ2n) is 6.32. The summed E-state index contributed by atoms with van der Waals surface area (Å²) in [6.45, 7) is 0. The number of carbonyl (C=O) groups is 2. The lowest BCUT2D eigenvalue weighted by Crippen LogP contribution is -2.41. The number of hydrogen-bond acceptors (Lipinski definition) is 4. The molecule has 0 aliphatic rings. The number of rotatable bonds is 7. The first-order valence-corrected chi connectivity index (χ1v) is 8.96.